The van der Waals surface area contributed by atoms with E-state index in [4.69, 9.17) is 20.8 Å². The highest BCUT2D eigenvalue weighted by Crippen LogP contribution is 2.40. The summed E-state index contributed by atoms with van der Waals surface area (Å²) in [6.07, 6.45) is 2.88. The molecule has 152 valence electrons. The van der Waals surface area contributed by atoms with Crippen LogP contribution < -0.4 is 5.32 Å². The molecule has 1 atom stereocenters. The number of rotatable bonds is 3. The minimum atomic E-state index is -3.66. The van der Waals surface area contributed by atoms with Gasteiger partial charge in [-0.1, -0.05) is 17.7 Å². The maximum atomic E-state index is 13.1. The molecule has 2 aliphatic rings. The lowest BCUT2D eigenvalue weighted by Crippen LogP contribution is -2.36. The number of sulfone groups is 1. The van der Waals surface area contributed by atoms with Crippen molar-refractivity contribution in [3.63, 3.8) is 0 Å². The molecule has 1 N–H and O–H groups in total. The van der Waals surface area contributed by atoms with Gasteiger partial charge >= 0.3 is 0 Å². The van der Waals surface area contributed by atoms with Crippen LogP contribution in [-0.2, 0) is 21.0 Å². The maximum Gasteiger partial charge on any atom is 0.206 e. The number of halogens is 1. The van der Waals surface area contributed by atoms with E-state index in [1.807, 2.05) is 6.07 Å². The number of benzene rings is 2. The Hall–Kier alpha value is -1.86. The monoisotopic (exact) mass is 431 g/mol. The van der Waals surface area contributed by atoms with Gasteiger partial charge in [0.2, 0.25) is 9.84 Å². The highest BCUT2D eigenvalue weighted by Gasteiger charge is 2.33. The van der Waals surface area contributed by atoms with E-state index >= 15 is 0 Å². The first-order valence-corrected chi connectivity index (χ1v) is 11.8. The van der Waals surface area contributed by atoms with E-state index in [1.165, 1.54) is 11.6 Å². The number of fused-ring (bicyclic) bond motifs is 3. The van der Waals surface area contributed by atoms with Crippen LogP contribution in [-0.4, -0.2) is 28.2 Å². The molecule has 2 aromatic carbocycles. The van der Waals surface area contributed by atoms with Gasteiger partial charge in [0.15, 0.2) is 0 Å². The summed E-state index contributed by atoms with van der Waals surface area (Å²) in [4.78, 5) is 0.399. The second kappa shape index (κ2) is 7.43. The third-order valence-corrected chi connectivity index (χ3v) is 7.96. The van der Waals surface area contributed by atoms with Crippen LogP contribution >= 0.6 is 11.6 Å². The van der Waals surface area contributed by atoms with Crippen molar-refractivity contribution < 1.29 is 17.6 Å². The van der Waals surface area contributed by atoms with Crippen molar-refractivity contribution in [3.05, 3.63) is 58.8 Å². The standard InChI is InChI=1S/C22H22ClNO4S/c23-15-2-1-3-16(12-15)29(25,26)17-4-5-18-19-6-9-24-21(14-7-10-27-11-8-14)22(19)28-20(18)13-17/h1-5,12-14,21,24H,6-11H2. The highest BCUT2D eigenvalue weighted by molar-refractivity contribution is 7.91. The van der Waals surface area contributed by atoms with Crippen LogP contribution in [0.25, 0.3) is 11.0 Å². The van der Waals surface area contributed by atoms with Crippen LogP contribution in [0, 0.1) is 5.92 Å². The van der Waals surface area contributed by atoms with Crippen molar-refractivity contribution in [3.8, 4) is 0 Å². The largest absolute Gasteiger partial charge is 0.459 e. The SMILES string of the molecule is O=S(=O)(c1cccc(Cl)c1)c1ccc2c3c(oc2c1)C(C1CCOCC1)NCC3. The summed E-state index contributed by atoms with van der Waals surface area (Å²) in [5, 5.41) is 5.00. The molecule has 5 rings (SSSR count). The Morgan fingerprint density at radius 2 is 1.83 bits per heavy atom. The molecule has 0 bridgehead atoms. The van der Waals surface area contributed by atoms with Gasteiger partial charge < -0.3 is 14.5 Å². The quantitative estimate of drug-likeness (QED) is 0.659. The second-order valence-corrected chi connectivity index (χ2v) is 10.1. The summed E-state index contributed by atoms with van der Waals surface area (Å²) in [6, 6.07) is 11.7. The summed E-state index contributed by atoms with van der Waals surface area (Å²) in [6.45, 7) is 2.45. The number of furan rings is 1. The zero-order valence-corrected chi connectivity index (χ0v) is 17.4. The van der Waals surface area contributed by atoms with Crippen LogP contribution in [0.1, 0.15) is 30.2 Å². The van der Waals surface area contributed by atoms with Gasteiger partial charge in [0.1, 0.15) is 11.3 Å². The zero-order chi connectivity index (χ0) is 20.0. The topological polar surface area (TPSA) is 68.5 Å². The van der Waals surface area contributed by atoms with E-state index < -0.39 is 9.84 Å². The fraction of sp³-hybridized carbons (Fsp3) is 0.364. The van der Waals surface area contributed by atoms with Crippen molar-refractivity contribution >= 4 is 32.4 Å². The zero-order valence-electron chi connectivity index (χ0n) is 15.9. The van der Waals surface area contributed by atoms with E-state index in [1.54, 1.807) is 30.3 Å². The molecule has 0 radical (unpaired) electrons. The number of hydrogen-bond donors (Lipinski definition) is 1. The molecule has 3 heterocycles. The molecule has 0 spiro atoms. The van der Waals surface area contributed by atoms with Gasteiger partial charge in [-0.3, -0.25) is 0 Å². The molecule has 1 fully saturated rings. The lowest BCUT2D eigenvalue weighted by molar-refractivity contribution is 0.0498. The van der Waals surface area contributed by atoms with Gasteiger partial charge in [0.05, 0.1) is 15.8 Å². The van der Waals surface area contributed by atoms with Gasteiger partial charge in [0, 0.05) is 41.8 Å². The third kappa shape index (κ3) is 3.38. The summed E-state index contributed by atoms with van der Waals surface area (Å²) < 4.78 is 37.9. The van der Waals surface area contributed by atoms with Crippen LogP contribution in [0.4, 0.5) is 0 Å². The fourth-order valence-corrected chi connectivity index (χ4v) is 6.05. The highest BCUT2D eigenvalue weighted by atomic mass is 35.5. The Labute approximate surface area is 174 Å². The molecule has 0 amide bonds. The van der Waals surface area contributed by atoms with E-state index in [9.17, 15) is 8.42 Å². The summed E-state index contributed by atoms with van der Waals surface area (Å²) in [5.41, 5.74) is 1.82. The van der Waals surface area contributed by atoms with Crippen molar-refractivity contribution in [1.82, 2.24) is 5.32 Å². The Kier molecular flexibility index (Phi) is 4.90. The maximum absolute atomic E-state index is 13.1. The lowest BCUT2D eigenvalue weighted by atomic mass is 9.86. The molecular weight excluding hydrogens is 410 g/mol. The van der Waals surface area contributed by atoms with Gasteiger partial charge in [-0.15, -0.1) is 0 Å². The van der Waals surface area contributed by atoms with E-state index in [0.29, 0.717) is 16.5 Å². The summed E-state index contributed by atoms with van der Waals surface area (Å²) in [7, 11) is -3.66. The predicted octanol–water partition coefficient (Wildman–Crippen LogP) is 4.53. The first-order chi connectivity index (χ1) is 14.0. The normalized spacial score (nSPS) is 20.7. The second-order valence-electron chi connectivity index (χ2n) is 7.70. The molecule has 7 heteroatoms. The van der Waals surface area contributed by atoms with Crippen molar-refractivity contribution in [1.29, 1.82) is 0 Å². The van der Waals surface area contributed by atoms with Crippen LogP contribution in [0.5, 0.6) is 0 Å². The van der Waals surface area contributed by atoms with Crippen LogP contribution in [0.15, 0.2) is 56.7 Å². The fourth-order valence-electron chi connectivity index (χ4n) is 4.47. The summed E-state index contributed by atoms with van der Waals surface area (Å²) >= 11 is 5.99. The Bertz CT molecular complexity index is 1160. The molecule has 0 aliphatic carbocycles. The molecule has 1 saturated heterocycles. The van der Waals surface area contributed by atoms with Gasteiger partial charge in [-0.25, -0.2) is 8.42 Å². The minimum absolute atomic E-state index is 0.156. The molecule has 1 aromatic heterocycles. The number of nitrogens with one attached hydrogen (secondary N) is 1. The third-order valence-electron chi connectivity index (χ3n) is 5.97. The Balaban J connectivity index is 1.57. The molecule has 1 unspecified atom stereocenters. The average Bonchev–Trinajstić information content (AvgIpc) is 3.12. The minimum Gasteiger partial charge on any atom is -0.459 e. The van der Waals surface area contributed by atoms with Crippen molar-refractivity contribution in [2.75, 3.05) is 19.8 Å². The first-order valence-electron chi connectivity index (χ1n) is 9.91. The molecule has 5 nitrogen and oxygen atoms in total. The van der Waals surface area contributed by atoms with Gasteiger partial charge in [0.25, 0.3) is 0 Å². The number of ether oxygens (including phenoxy) is 1. The molecule has 0 saturated carbocycles. The molecular formula is C22H22ClNO4S. The van der Waals surface area contributed by atoms with Crippen LogP contribution in [0.2, 0.25) is 5.02 Å². The van der Waals surface area contributed by atoms with E-state index in [0.717, 1.165) is 50.2 Å². The molecule has 29 heavy (non-hydrogen) atoms. The van der Waals surface area contributed by atoms with Crippen molar-refractivity contribution in [2.45, 2.75) is 35.1 Å². The Morgan fingerprint density at radius 3 is 2.62 bits per heavy atom. The molecule has 3 aromatic rings. The average molecular weight is 432 g/mol. The lowest BCUT2D eigenvalue weighted by Gasteiger charge is -2.32. The number of hydrogen-bond acceptors (Lipinski definition) is 5. The smallest absolute Gasteiger partial charge is 0.206 e. The van der Waals surface area contributed by atoms with E-state index in [-0.39, 0.29) is 15.8 Å². The Morgan fingerprint density at radius 1 is 1.03 bits per heavy atom. The van der Waals surface area contributed by atoms with Crippen LogP contribution in [0.3, 0.4) is 0 Å². The first kappa shape index (κ1) is 19.1. The van der Waals surface area contributed by atoms with E-state index in [2.05, 4.69) is 5.32 Å². The van der Waals surface area contributed by atoms with Crippen molar-refractivity contribution in [2.24, 2.45) is 5.92 Å². The van der Waals surface area contributed by atoms with Gasteiger partial charge in [-0.2, -0.15) is 0 Å². The summed E-state index contributed by atoms with van der Waals surface area (Å²) in [5.74, 6) is 1.42. The predicted molar refractivity (Wildman–Crippen MR) is 111 cm³/mol. The van der Waals surface area contributed by atoms with Gasteiger partial charge in [-0.05, 0) is 55.5 Å². The molecule has 2 aliphatic heterocycles.